The maximum Gasteiger partial charge on any atom is 0.318 e. The van der Waals surface area contributed by atoms with E-state index in [0.29, 0.717) is 63.9 Å². The minimum Gasteiger partial charge on any atom is -0.461 e. The highest BCUT2D eigenvalue weighted by Gasteiger charge is 2.50. The Morgan fingerprint density at radius 2 is 1.73 bits per heavy atom. The lowest BCUT2D eigenvalue weighted by Crippen LogP contribution is -2.44. The average Bonchev–Trinajstić information content (AvgIpc) is 3.59. The topological polar surface area (TPSA) is 87.0 Å². The van der Waals surface area contributed by atoms with Crippen molar-refractivity contribution in [1.82, 2.24) is 14.9 Å². The fourth-order valence-electron chi connectivity index (χ4n) is 10.0. The zero-order valence-corrected chi connectivity index (χ0v) is 31.9. The fourth-order valence-corrected chi connectivity index (χ4v) is 10.0. The summed E-state index contributed by atoms with van der Waals surface area (Å²) >= 11 is 0. The number of nitriles is 1. The highest BCUT2D eigenvalue weighted by atomic mass is 19.1. The summed E-state index contributed by atoms with van der Waals surface area (Å²) in [4.78, 5) is 17.1. The second-order valence-corrected chi connectivity index (χ2v) is 16.3. The number of ether oxygens (including phenoxy) is 3. The molecular formula is C45H51FN6O3. The Morgan fingerprint density at radius 3 is 2.49 bits per heavy atom. The molecule has 9 rings (SSSR count). The van der Waals surface area contributed by atoms with Gasteiger partial charge in [0.2, 0.25) is 0 Å². The van der Waals surface area contributed by atoms with Crippen molar-refractivity contribution in [2.24, 2.45) is 0 Å². The summed E-state index contributed by atoms with van der Waals surface area (Å²) in [6, 6.07) is 28.4. The molecule has 3 saturated heterocycles. The largest absolute Gasteiger partial charge is 0.461 e. The van der Waals surface area contributed by atoms with Crippen LogP contribution in [-0.4, -0.2) is 72.6 Å². The standard InChI is InChI=1S/C45H51FN6O3/c1-32-16-18-45(41-36(32)14-15-40(37(41)26-47)51(27-33-10-4-2-5-11-33)28-34-12-6-3-7-13-34)25-39-38(30-55-45)42(50-19-9-22-53-23-21-50)49-43(48-39)54-31-44-17-8-20-52(44)29-35(46)24-44/h2-7,10-15,32,35H,8-9,16-25,27-31H2,1H3/t32?,35-,44+,45?/m1/s1. The second-order valence-electron chi connectivity index (χ2n) is 16.3. The van der Waals surface area contributed by atoms with E-state index in [9.17, 15) is 9.65 Å². The smallest absolute Gasteiger partial charge is 0.318 e. The molecule has 0 radical (unpaired) electrons. The highest BCUT2D eigenvalue weighted by molar-refractivity contribution is 5.68. The van der Waals surface area contributed by atoms with Gasteiger partial charge in [0.25, 0.3) is 0 Å². The van der Waals surface area contributed by atoms with Crippen molar-refractivity contribution in [2.75, 3.05) is 55.8 Å². The lowest BCUT2D eigenvalue weighted by molar-refractivity contribution is -0.0873. The Balaban J connectivity index is 1.11. The molecule has 1 spiro atoms. The number of fused-ring (bicyclic) bond motifs is 4. The number of anilines is 2. The molecule has 3 aromatic carbocycles. The monoisotopic (exact) mass is 742 g/mol. The average molecular weight is 743 g/mol. The molecule has 0 saturated carbocycles. The molecule has 9 nitrogen and oxygen atoms in total. The zero-order chi connectivity index (χ0) is 37.4. The van der Waals surface area contributed by atoms with Crippen LogP contribution in [0.5, 0.6) is 6.01 Å². The van der Waals surface area contributed by atoms with E-state index in [0.717, 1.165) is 86.7 Å². The van der Waals surface area contributed by atoms with Crippen molar-refractivity contribution in [3.05, 3.63) is 112 Å². The molecule has 4 atom stereocenters. The predicted molar refractivity (Wildman–Crippen MR) is 210 cm³/mol. The van der Waals surface area contributed by atoms with Crippen molar-refractivity contribution in [3.8, 4) is 12.1 Å². The molecule has 0 amide bonds. The normalized spacial score (nSPS) is 26.2. The molecule has 10 heteroatoms. The summed E-state index contributed by atoms with van der Waals surface area (Å²) in [5.41, 5.74) is 6.97. The quantitative estimate of drug-likeness (QED) is 0.172. The molecule has 5 aliphatic rings. The summed E-state index contributed by atoms with van der Waals surface area (Å²) < 4.78 is 34.2. The van der Waals surface area contributed by atoms with Crippen LogP contribution in [0.1, 0.15) is 90.4 Å². The maximum atomic E-state index is 14.7. The molecule has 286 valence electrons. The van der Waals surface area contributed by atoms with Crippen molar-refractivity contribution in [3.63, 3.8) is 0 Å². The van der Waals surface area contributed by atoms with Crippen LogP contribution in [0.4, 0.5) is 15.9 Å². The van der Waals surface area contributed by atoms with Crippen LogP contribution < -0.4 is 14.5 Å². The molecule has 0 bridgehead atoms. The number of nitrogens with zero attached hydrogens (tertiary/aromatic N) is 6. The third-order valence-electron chi connectivity index (χ3n) is 12.8. The van der Waals surface area contributed by atoms with Crippen LogP contribution in [0.15, 0.2) is 72.8 Å². The molecule has 2 unspecified atom stereocenters. The third-order valence-corrected chi connectivity index (χ3v) is 12.8. The Bertz CT molecular complexity index is 1990. The Hall–Kier alpha value is -4.56. The first kappa shape index (κ1) is 36.1. The van der Waals surface area contributed by atoms with E-state index in [1.165, 1.54) is 16.7 Å². The second kappa shape index (κ2) is 15.2. The summed E-state index contributed by atoms with van der Waals surface area (Å²) in [7, 11) is 0. The van der Waals surface area contributed by atoms with Gasteiger partial charge < -0.3 is 24.0 Å². The van der Waals surface area contributed by atoms with Gasteiger partial charge in [-0.05, 0) is 67.3 Å². The molecule has 4 aliphatic heterocycles. The minimum absolute atomic E-state index is 0.278. The molecule has 55 heavy (non-hydrogen) atoms. The van der Waals surface area contributed by atoms with Crippen molar-refractivity contribution >= 4 is 11.5 Å². The van der Waals surface area contributed by atoms with Gasteiger partial charge in [0.15, 0.2) is 0 Å². The Morgan fingerprint density at radius 1 is 0.945 bits per heavy atom. The van der Waals surface area contributed by atoms with Crippen LogP contribution in [0.3, 0.4) is 0 Å². The maximum absolute atomic E-state index is 14.7. The first-order valence-corrected chi connectivity index (χ1v) is 20.2. The highest BCUT2D eigenvalue weighted by Crippen LogP contribution is 2.52. The van der Waals surface area contributed by atoms with E-state index < -0.39 is 11.8 Å². The molecule has 1 aromatic heterocycles. The predicted octanol–water partition coefficient (Wildman–Crippen LogP) is 7.60. The number of benzene rings is 3. The van der Waals surface area contributed by atoms with Gasteiger partial charge in [-0.15, -0.1) is 0 Å². The van der Waals surface area contributed by atoms with Crippen LogP contribution in [0.25, 0.3) is 0 Å². The van der Waals surface area contributed by atoms with Crippen LogP contribution in [0.2, 0.25) is 0 Å². The number of aromatic nitrogens is 2. The van der Waals surface area contributed by atoms with Crippen molar-refractivity contribution in [2.45, 2.75) is 94.8 Å². The number of hydrogen-bond donors (Lipinski definition) is 0. The number of rotatable bonds is 9. The van der Waals surface area contributed by atoms with Gasteiger partial charge in [-0.25, -0.2) is 4.39 Å². The first-order valence-electron chi connectivity index (χ1n) is 20.2. The van der Waals surface area contributed by atoms with E-state index >= 15 is 0 Å². The van der Waals surface area contributed by atoms with E-state index in [4.69, 9.17) is 24.2 Å². The van der Waals surface area contributed by atoms with E-state index in [2.05, 4.69) is 88.4 Å². The van der Waals surface area contributed by atoms with Crippen molar-refractivity contribution in [1.29, 1.82) is 5.26 Å². The SMILES string of the molecule is CC1CCC2(Cc3nc(OC[C@@]45CCCN4C[C@H](F)C5)nc(N4CCCOCC4)c3CO2)c2c1ccc(N(Cc1ccccc1)Cc1ccccc1)c2C#N. The molecule has 3 fully saturated rings. The zero-order valence-electron chi connectivity index (χ0n) is 31.9. The lowest BCUT2D eigenvalue weighted by Gasteiger charge is -2.45. The molecule has 1 aliphatic carbocycles. The minimum atomic E-state index is -0.831. The van der Waals surface area contributed by atoms with Gasteiger partial charge in [0.1, 0.15) is 30.3 Å². The van der Waals surface area contributed by atoms with E-state index in [1.807, 2.05) is 12.1 Å². The van der Waals surface area contributed by atoms with Gasteiger partial charge in [-0.2, -0.15) is 15.2 Å². The number of alkyl halides is 1. The third kappa shape index (κ3) is 6.96. The van der Waals surface area contributed by atoms with Gasteiger partial charge in [0, 0.05) is 63.3 Å². The molecule has 5 heterocycles. The van der Waals surface area contributed by atoms with Gasteiger partial charge in [-0.3, -0.25) is 4.90 Å². The van der Waals surface area contributed by atoms with Crippen LogP contribution in [-0.2, 0) is 41.2 Å². The molecular weight excluding hydrogens is 692 g/mol. The first-order chi connectivity index (χ1) is 26.9. The van der Waals surface area contributed by atoms with Gasteiger partial charge in [0.05, 0.1) is 35.7 Å². The fraction of sp³-hybridized carbons (Fsp3) is 0.489. The van der Waals surface area contributed by atoms with E-state index in [-0.39, 0.29) is 11.5 Å². The van der Waals surface area contributed by atoms with Crippen molar-refractivity contribution < 1.29 is 18.6 Å². The number of halogens is 1. The number of hydrogen-bond acceptors (Lipinski definition) is 9. The summed E-state index contributed by atoms with van der Waals surface area (Å²) in [6.45, 7) is 8.55. The van der Waals surface area contributed by atoms with Gasteiger partial charge in [-0.1, -0.05) is 73.7 Å². The Kier molecular flexibility index (Phi) is 9.96. The summed E-state index contributed by atoms with van der Waals surface area (Å²) in [6.07, 6.45) is 4.76. The van der Waals surface area contributed by atoms with Gasteiger partial charge >= 0.3 is 6.01 Å². The Labute approximate surface area is 324 Å². The van der Waals surface area contributed by atoms with Crippen LogP contribution in [0, 0.1) is 11.3 Å². The molecule has 0 N–H and O–H groups in total. The summed E-state index contributed by atoms with van der Waals surface area (Å²) in [5, 5.41) is 11.2. The van der Waals surface area contributed by atoms with E-state index in [1.54, 1.807) is 0 Å². The van der Waals surface area contributed by atoms with Crippen LogP contribution >= 0.6 is 0 Å². The molecule has 4 aromatic rings. The summed E-state index contributed by atoms with van der Waals surface area (Å²) in [5.74, 6) is 1.12. The lowest BCUT2D eigenvalue weighted by atomic mass is 9.69.